The zero-order valence-electron chi connectivity index (χ0n) is 44.3. The first kappa shape index (κ1) is 51.9. The van der Waals surface area contributed by atoms with Gasteiger partial charge in [0.2, 0.25) is 0 Å². The second-order valence-corrected chi connectivity index (χ2v) is 22.5. The van der Waals surface area contributed by atoms with E-state index in [2.05, 4.69) is 95.9 Å². The molecule has 75 heavy (non-hydrogen) atoms. The van der Waals surface area contributed by atoms with Gasteiger partial charge in [0.25, 0.3) is 0 Å². The molecule has 4 fully saturated rings. The minimum Gasteiger partial charge on any atom is -0.870 e. The smallest absolute Gasteiger partial charge is 0.870 e. The van der Waals surface area contributed by atoms with Crippen molar-refractivity contribution in [1.29, 1.82) is 0 Å². The average molecular weight is 1020 g/mol. The third-order valence-corrected chi connectivity index (χ3v) is 18.4. The fourth-order valence-corrected chi connectivity index (χ4v) is 15.0. The Morgan fingerprint density at radius 2 is 0.960 bits per heavy atom. The number of aromatic nitrogens is 4. The topological polar surface area (TPSA) is 137 Å². The predicted octanol–water partition coefficient (Wildman–Crippen LogP) is 10.7. The Morgan fingerprint density at radius 3 is 1.40 bits per heavy atom. The standard InChI is InChI=1S/C32H37N3O2.C31H35N3O2.Na.H2O/c1-37-32(36)23-11-12-25-28(19-23)35-18-6-17-34-20-27(21-13-15-33-16-14-21)24-9-5-10-26(30(24)34)31(35)29(25)22-7-3-2-4-8-22;35-31(36)22-10-11-24-27(18-22)34-17-5-16-33-19-26(20-12-14-32-15-13-20)23-8-4-9-25(29(23)33)30(34)28(24)21-6-2-1-3-7-21;;/h5,9-12,19-22,33H,2-4,6-8,13-18H2,1H3;4,8-11,18-21,32H,1-3,5-7,12-17H2,(H,35,36);;1H2/q;;+1;/p-1. The van der Waals surface area contributed by atoms with Crippen LogP contribution in [-0.2, 0) is 30.9 Å². The quantitative estimate of drug-likeness (QED) is 0.111. The van der Waals surface area contributed by atoms with Crippen molar-refractivity contribution in [1.82, 2.24) is 28.9 Å². The predicted molar refractivity (Wildman–Crippen MR) is 297 cm³/mol. The van der Waals surface area contributed by atoms with Crippen molar-refractivity contribution < 1.29 is 54.5 Å². The van der Waals surface area contributed by atoms with Gasteiger partial charge in [0.1, 0.15) is 0 Å². The number of nitrogens with one attached hydrogen (secondary N) is 2. The van der Waals surface area contributed by atoms with Crippen LogP contribution in [0.2, 0.25) is 0 Å². The number of ether oxygens (including phenoxy) is 1. The number of esters is 1. The zero-order chi connectivity index (χ0) is 49.2. The maximum Gasteiger partial charge on any atom is 1.00 e. The van der Waals surface area contributed by atoms with Gasteiger partial charge in [-0.25, -0.2) is 9.59 Å². The molecule has 2 aliphatic carbocycles. The molecule has 12 heteroatoms. The number of para-hydroxylation sites is 2. The molecular formula is C63H73N6NaO5. The van der Waals surface area contributed by atoms with Crippen LogP contribution in [0.1, 0.15) is 169 Å². The molecule has 14 rings (SSSR count). The van der Waals surface area contributed by atoms with E-state index >= 15 is 0 Å². The summed E-state index contributed by atoms with van der Waals surface area (Å²) in [6, 6.07) is 26.0. The van der Waals surface area contributed by atoms with Gasteiger partial charge in [-0.1, -0.05) is 87.1 Å². The molecule has 0 unspecified atom stereocenters. The van der Waals surface area contributed by atoms with Crippen LogP contribution >= 0.6 is 0 Å². The number of rotatable bonds is 6. The molecule has 11 nitrogen and oxygen atoms in total. The first-order chi connectivity index (χ1) is 35.9. The van der Waals surface area contributed by atoms with Crippen molar-refractivity contribution in [3.63, 3.8) is 0 Å². The minimum atomic E-state index is -0.847. The van der Waals surface area contributed by atoms with Gasteiger partial charge in [0, 0.05) is 82.3 Å². The Bertz CT molecular complexity index is 3410. The Balaban J connectivity index is 0.000000156. The Morgan fingerprint density at radius 1 is 0.520 bits per heavy atom. The SMILES string of the molecule is COC(=O)c1ccc2c(C3CCCCC3)c3n(c2c1)CCCn1cc(C2CCNCC2)c2cccc-3c21.O=C(O)c1ccc2c(C3CCCCC3)c3n(c2c1)CCCn1cc(C2CCNCC2)c2cccc-3c21.[Na+].[OH-]. The number of hydrogen-bond acceptors (Lipinski definition) is 6. The maximum absolute atomic E-state index is 12.5. The average Bonchev–Trinajstić information content (AvgIpc) is 4.20. The molecule has 4 aromatic carbocycles. The number of piperidine rings is 2. The van der Waals surface area contributed by atoms with Crippen LogP contribution in [-0.4, -0.2) is 74.1 Å². The van der Waals surface area contributed by atoms with E-state index in [9.17, 15) is 14.7 Å². The maximum atomic E-state index is 12.5. The molecule has 8 heterocycles. The Kier molecular flexibility index (Phi) is 15.3. The molecule has 0 spiro atoms. The van der Waals surface area contributed by atoms with Crippen LogP contribution in [0, 0.1) is 0 Å². The van der Waals surface area contributed by atoms with Crippen molar-refractivity contribution in [3.05, 3.63) is 119 Å². The van der Waals surface area contributed by atoms with E-state index in [1.165, 1.54) is 180 Å². The molecule has 2 saturated heterocycles. The van der Waals surface area contributed by atoms with E-state index in [-0.39, 0.29) is 41.0 Å². The summed E-state index contributed by atoms with van der Waals surface area (Å²) in [7, 11) is 1.47. The molecule has 0 atom stereocenters. The summed E-state index contributed by atoms with van der Waals surface area (Å²) in [5.41, 5.74) is 17.6. The number of carboxylic acid groups (broad SMARTS) is 1. The van der Waals surface area contributed by atoms with Crippen LogP contribution in [0.4, 0.5) is 0 Å². The third-order valence-electron chi connectivity index (χ3n) is 18.4. The van der Waals surface area contributed by atoms with E-state index in [1.807, 2.05) is 18.2 Å². The van der Waals surface area contributed by atoms with Crippen molar-refractivity contribution in [2.75, 3.05) is 33.3 Å². The number of fused-ring (bicyclic) bond motifs is 8. The van der Waals surface area contributed by atoms with Crippen LogP contribution < -0.4 is 40.2 Å². The summed E-state index contributed by atoms with van der Waals surface area (Å²) in [6.45, 7) is 8.31. The zero-order valence-corrected chi connectivity index (χ0v) is 46.3. The van der Waals surface area contributed by atoms with Gasteiger partial charge in [0.15, 0.2) is 0 Å². The Hall–Kier alpha value is -5.14. The van der Waals surface area contributed by atoms with Crippen LogP contribution in [0.25, 0.3) is 66.1 Å². The first-order valence-corrected chi connectivity index (χ1v) is 28.2. The molecule has 4 aromatic heterocycles. The summed E-state index contributed by atoms with van der Waals surface area (Å²) >= 11 is 0. The molecule has 2 saturated carbocycles. The molecule has 0 radical (unpaired) electrons. The summed E-state index contributed by atoms with van der Waals surface area (Å²) in [6.07, 6.45) is 24.7. The van der Waals surface area contributed by atoms with E-state index in [0.717, 1.165) is 70.7 Å². The summed E-state index contributed by atoms with van der Waals surface area (Å²) in [4.78, 5) is 24.4. The van der Waals surface area contributed by atoms with Gasteiger partial charge in [-0.3, -0.25) is 0 Å². The van der Waals surface area contributed by atoms with E-state index in [1.54, 1.807) is 0 Å². The monoisotopic (exact) mass is 1020 g/mol. The number of nitrogens with zero attached hydrogens (tertiary/aromatic N) is 4. The third kappa shape index (κ3) is 9.21. The van der Waals surface area contributed by atoms with Gasteiger partial charge >= 0.3 is 41.5 Å². The number of benzene rings is 4. The van der Waals surface area contributed by atoms with Crippen molar-refractivity contribution in [2.24, 2.45) is 0 Å². The molecule has 0 amide bonds. The second kappa shape index (κ2) is 22.1. The van der Waals surface area contributed by atoms with Crippen LogP contribution in [0.5, 0.6) is 0 Å². The molecule has 6 aliphatic rings. The van der Waals surface area contributed by atoms with E-state index in [0.29, 0.717) is 34.8 Å². The van der Waals surface area contributed by atoms with E-state index in [4.69, 9.17) is 4.74 Å². The number of carbonyl (C=O) groups is 2. The van der Waals surface area contributed by atoms with Gasteiger partial charge in [0.05, 0.1) is 40.7 Å². The van der Waals surface area contributed by atoms with Gasteiger partial charge < -0.3 is 44.2 Å². The summed E-state index contributed by atoms with van der Waals surface area (Å²) in [5, 5.41) is 22.3. The molecule has 4 aliphatic heterocycles. The normalized spacial score (nSPS) is 18.7. The number of carbonyl (C=O) groups excluding carboxylic acids is 1. The summed E-state index contributed by atoms with van der Waals surface area (Å²) in [5.74, 6) is 1.25. The molecule has 8 aromatic rings. The van der Waals surface area contributed by atoms with Gasteiger partial charge in [-0.05, 0) is 161 Å². The number of carboxylic acids is 1. The van der Waals surface area contributed by atoms with Crippen molar-refractivity contribution >= 4 is 55.6 Å². The molecule has 0 bridgehead atoms. The minimum absolute atomic E-state index is 0. The Labute approximate surface area is 463 Å². The van der Waals surface area contributed by atoms with Gasteiger partial charge in [-0.15, -0.1) is 0 Å². The summed E-state index contributed by atoms with van der Waals surface area (Å²) < 4.78 is 15.2. The van der Waals surface area contributed by atoms with Crippen molar-refractivity contribution in [2.45, 2.75) is 153 Å². The largest absolute Gasteiger partial charge is 1.00 e. The second-order valence-electron chi connectivity index (χ2n) is 22.5. The number of aryl methyl sites for hydroxylation is 4. The molecule has 4 N–H and O–H groups in total. The van der Waals surface area contributed by atoms with Crippen LogP contribution in [0.15, 0.2) is 85.2 Å². The van der Waals surface area contributed by atoms with Gasteiger partial charge in [-0.2, -0.15) is 0 Å². The van der Waals surface area contributed by atoms with Crippen LogP contribution in [0.3, 0.4) is 0 Å². The van der Waals surface area contributed by atoms with Crippen molar-refractivity contribution in [3.8, 4) is 22.5 Å². The first-order valence-electron chi connectivity index (χ1n) is 28.2. The molecule has 386 valence electrons. The number of aromatic carboxylic acids is 1. The fourth-order valence-electron chi connectivity index (χ4n) is 15.0. The van der Waals surface area contributed by atoms with E-state index < -0.39 is 5.97 Å². The number of methoxy groups -OCH3 is 1. The number of hydrogen-bond donors (Lipinski definition) is 3. The molecular weight excluding hydrogens is 944 g/mol. The fraction of sp³-hybridized carbons (Fsp3) is 0.460.